The molecule has 18 heavy (non-hydrogen) atoms. The summed E-state index contributed by atoms with van der Waals surface area (Å²) >= 11 is 0. The van der Waals surface area contributed by atoms with Gasteiger partial charge >= 0.3 is 5.97 Å². The van der Waals surface area contributed by atoms with Gasteiger partial charge in [-0.3, -0.25) is 14.5 Å². The number of nitrogens with zero attached hydrogens (tertiary/aromatic N) is 1. The van der Waals surface area contributed by atoms with Crippen LogP contribution in [0.3, 0.4) is 0 Å². The lowest BCUT2D eigenvalue weighted by Gasteiger charge is -2.28. The highest BCUT2D eigenvalue weighted by molar-refractivity contribution is 5.87. The largest absolute Gasteiger partial charge is 0.436 e. The Morgan fingerprint density at radius 3 is 2.44 bits per heavy atom. The first kappa shape index (κ1) is 12.6. The van der Waals surface area contributed by atoms with Crippen molar-refractivity contribution in [1.82, 2.24) is 4.90 Å². The molecule has 1 unspecified atom stereocenters. The van der Waals surface area contributed by atoms with Crippen molar-refractivity contribution in [2.45, 2.75) is 27.0 Å². The molecule has 4 nitrogen and oxygen atoms in total. The Morgan fingerprint density at radius 2 is 1.89 bits per heavy atom. The second kappa shape index (κ2) is 4.44. The quantitative estimate of drug-likeness (QED) is 0.714. The third kappa shape index (κ3) is 2.37. The van der Waals surface area contributed by atoms with E-state index in [1.807, 2.05) is 51.1 Å². The standard InChI is InChI=1S/C14H17NO3/c1-14(2,3)13(17)15-9-11(16)18-12(15)10-7-5-4-6-8-10/h4-8,12H,9H2,1-3H3. The van der Waals surface area contributed by atoms with Gasteiger partial charge in [0.05, 0.1) is 0 Å². The fraction of sp³-hybridized carbons (Fsp3) is 0.429. The molecule has 1 amide bonds. The van der Waals surface area contributed by atoms with Gasteiger partial charge < -0.3 is 4.74 Å². The number of esters is 1. The SMILES string of the molecule is CC(C)(C)C(=O)N1CC(=O)OC1c1ccccc1. The summed E-state index contributed by atoms with van der Waals surface area (Å²) in [5.41, 5.74) is 0.294. The van der Waals surface area contributed by atoms with Gasteiger partial charge in [-0.05, 0) is 0 Å². The summed E-state index contributed by atoms with van der Waals surface area (Å²) < 4.78 is 5.24. The molecule has 4 heteroatoms. The number of cyclic esters (lactones) is 1. The highest BCUT2D eigenvalue weighted by Gasteiger charge is 2.40. The molecule has 1 aromatic carbocycles. The molecule has 0 saturated carbocycles. The lowest BCUT2D eigenvalue weighted by molar-refractivity contribution is -0.147. The van der Waals surface area contributed by atoms with Crippen LogP contribution in [0.25, 0.3) is 0 Å². The number of amides is 1. The molecule has 0 aliphatic carbocycles. The molecule has 1 aliphatic rings. The minimum atomic E-state index is -0.592. The minimum absolute atomic E-state index is 0.0235. The maximum Gasteiger partial charge on any atom is 0.327 e. The lowest BCUT2D eigenvalue weighted by atomic mass is 9.94. The summed E-state index contributed by atoms with van der Waals surface area (Å²) in [5.74, 6) is -0.441. The van der Waals surface area contributed by atoms with Crippen LogP contribution in [0.4, 0.5) is 0 Å². The Labute approximate surface area is 107 Å². The summed E-state index contributed by atoms with van der Waals surface area (Å²) in [7, 11) is 0. The summed E-state index contributed by atoms with van der Waals surface area (Å²) in [6.45, 7) is 5.52. The topological polar surface area (TPSA) is 46.6 Å². The molecule has 96 valence electrons. The number of rotatable bonds is 1. The molecule has 1 aromatic rings. The maximum absolute atomic E-state index is 12.3. The molecule has 1 aliphatic heterocycles. The van der Waals surface area contributed by atoms with Gasteiger partial charge in [-0.15, -0.1) is 0 Å². The van der Waals surface area contributed by atoms with Crippen molar-refractivity contribution in [2.24, 2.45) is 5.41 Å². The first-order chi connectivity index (χ1) is 8.39. The van der Waals surface area contributed by atoms with E-state index in [2.05, 4.69) is 0 Å². The van der Waals surface area contributed by atoms with E-state index in [-0.39, 0.29) is 18.4 Å². The highest BCUT2D eigenvalue weighted by Crippen LogP contribution is 2.31. The van der Waals surface area contributed by atoms with Gasteiger partial charge in [0, 0.05) is 11.0 Å². The summed E-state index contributed by atoms with van der Waals surface area (Å²) in [6, 6.07) is 9.32. The average molecular weight is 247 g/mol. The Balaban J connectivity index is 2.29. The minimum Gasteiger partial charge on any atom is -0.436 e. The number of benzene rings is 1. The zero-order valence-electron chi connectivity index (χ0n) is 10.8. The van der Waals surface area contributed by atoms with E-state index in [9.17, 15) is 9.59 Å². The summed E-state index contributed by atoms with van der Waals surface area (Å²) in [6.07, 6.45) is -0.592. The third-order valence-electron chi connectivity index (χ3n) is 2.81. The molecular formula is C14H17NO3. The van der Waals surface area contributed by atoms with Crippen molar-refractivity contribution in [2.75, 3.05) is 6.54 Å². The van der Waals surface area contributed by atoms with Crippen molar-refractivity contribution in [3.63, 3.8) is 0 Å². The van der Waals surface area contributed by atoms with E-state index in [0.717, 1.165) is 5.56 Å². The zero-order chi connectivity index (χ0) is 13.3. The predicted molar refractivity (Wildman–Crippen MR) is 66.4 cm³/mol. The first-order valence-electron chi connectivity index (χ1n) is 5.95. The van der Waals surface area contributed by atoms with E-state index in [1.54, 1.807) is 0 Å². The third-order valence-corrected chi connectivity index (χ3v) is 2.81. The van der Waals surface area contributed by atoms with Crippen molar-refractivity contribution in [3.8, 4) is 0 Å². The van der Waals surface area contributed by atoms with Crippen LogP contribution in [0, 0.1) is 5.41 Å². The number of hydrogen-bond donors (Lipinski definition) is 0. The fourth-order valence-electron chi connectivity index (χ4n) is 1.92. The highest BCUT2D eigenvalue weighted by atomic mass is 16.6. The van der Waals surface area contributed by atoms with E-state index in [4.69, 9.17) is 4.74 Å². The van der Waals surface area contributed by atoms with Crippen LogP contribution in [0.15, 0.2) is 30.3 Å². The fourth-order valence-corrected chi connectivity index (χ4v) is 1.92. The Morgan fingerprint density at radius 1 is 1.28 bits per heavy atom. The van der Waals surface area contributed by atoms with Crippen LogP contribution in [0.1, 0.15) is 32.6 Å². The second-order valence-corrected chi connectivity index (χ2v) is 5.44. The number of carbonyl (C=O) groups is 2. The van der Waals surface area contributed by atoms with Gasteiger partial charge in [0.2, 0.25) is 12.1 Å². The van der Waals surface area contributed by atoms with E-state index in [1.165, 1.54) is 4.90 Å². The van der Waals surface area contributed by atoms with Gasteiger partial charge in [-0.2, -0.15) is 0 Å². The molecule has 0 N–H and O–H groups in total. The monoisotopic (exact) mass is 247 g/mol. The first-order valence-corrected chi connectivity index (χ1v) is 5.95. The molecule has 2 rings (SSSR count). The average Bonchev–Trinajstić information content (AvgIpc) is 2.70. The Hall–Kier alpha value is -1.84. The molecule has 1 atom stereocenters. The van der Waals surface area contributed by atoms with E-state index >= 15 is 0 Å². The Bertz CT molecular complexity index is 462. The molecule has 0 radical (unpaired) electrons. The van der Waals surface area contributed by atoms with Crippen LogP contribution < -0.4 is 0 Å². The van der Waals surface area contributed by atoms with Crippen LogP contribution in [-0.4, -0.2) is 23.3 Å². The van der Waals surface area contributed by atoms with E-state index in [0.29, 0.717) is 0 Å². The van der Waals surface area contributed by atoms with Gasteiger partial charge in [0.15, 0.2) is 0 Å². The van der Waals surface area contributed by atoms with Crippen LogP contribution in [0.2, 0.25) is 0 Å². The van der Waals surface area contributed by atoms with Crippen LogP contribution in [-0.2, 0) is 14.3 Å². The molecule has 1 saturated heterocycles. The molecular weight excluding hydrogens is 230 g/mol. The summed E-state index contributed by atoms with van der Waals surface area (Å²) in [4.78, 5) is 25.2. The maximum atomic E-state index is 12.3. The molecule has 0 aromatic heterocycles. The van der Waals surface area contributed by atoms with Crippen LogP contribution in [0.5, 0.6) is 0 Å². The van der Waals surface area contributed by atoms with Gasteiger partial charge in [-0.1, -0.05) is 51.1 Å². The van der Waals surface area contributed by atoms with Gasteiger partial charge in [0.25, 0.3) is 0 Å². The Kier molecular flexibility index (Phi) is 3.11. The van der Waals surface area contributed by atoms with Crippen molar-refractivity contribution in [1.29, 1.82) is 0 Å². The van der Waals surface area contributed by atoms with Gasteiger partial charge in [-0.25, -0.2) is 0 Å². The number of hydrogen-bond acceptors (Lipinski definition) is 3. The number of ether oxygens (including phenoxy) is 1. The molecule has 0 spiro atoms. The number of carbonyl (C=O) groups excluding carboxylic acids is 2. The van der Waals surface area contributed by atoms with Crippen molar-refractivity contribution < 1.29 is 14.3 Å². The predicted octanol–water partition coefficient (Wildman–Crippen LogP) is 2.12. The van der Waals surface area contributed by atoms with Crippen molar-refractivity contribution >= 4 is 11.9 Å². The molecule has 1 fully saturated rings. The summed E-state index contributed by atoms with van der Waals surface area (Å²) in [5, 5.41) is 0. The lowest BCUT2D eigenvalue weighted by Crippen LogP contribution is -2.39. The second-order valence-electron chi connectivity index (χ2n) is 5.44. The zero-order valence-corrected chi connectivity index (χ0v) is 10.8. The smallest absolute Gasteiger partial charge is 0.327 e. The molecule has 0 bridgehead atoms. The van der Waals surface area contributed by atoms with Crippen molar-refractivity contribution in [3.05, 3.63) is 35.9 Å². The van der Waals surface area contributed by atoms with Crippen LogP contribution >= 0.6 is 0 Å². The normalized spacial score (nSPS) is 19.8. The molecule has 1 heterocycles. The van der Waals surface area contributed by atoms with Gasteiger partial charge in [0.1, 0.15) is 6.54 Å². The van der Waals surface area contributed by atoms with E-state index < -0.39 is 11.6 Å².